The fraction of sp³-hybridized carbons (Fsp3) is 0.316. The molecule has 0 fully saturated rings. The molecule has 148 valence electrons. The molecule has 0 bridgehead atoms. The third kappa shape index (κ3) is 3.60. The van der Waals surface area contributed by atoms with Gasteiger partial charge in [-0.05, 0) is 32.9 Å². The molecule has 3 aromatic rings. The van der Waals surface area contributed by atoms with Crippen LogP contribution < -0.4 is 10.5 Å². The van der Waals surface area contributed by atoms with E-state index in [0.717, 1.165) is 12.1 Å². The zero-order valence-corrected chi connectivity index (χ0v) is 15.8. The first-order valence-electron chi connectivity index (χ1n) is 8.84. The van der Waals surface area contributed by atoms with E-state index in [1.165, 1.54) is 16.6 Å². The van der Waals surface area contributed by atoms with Crippen molar-refractivity contribution in [1.29, 1.82) is 0 Å². The lowest BCUT2D eigenvalue weighted by Gasteiger charge is -2.22. The molecule has 1 N–H and O–H groups in total. The number of esters is 1. The lowest BCUT2D eigenvalue weighted by Crippen LogP contribution is -2.25. The van der Waals surface area contributed by atoms with E-state index in [9.17, 15) is 18.4 Å². The number of hydrogen-bond acceptors (Lipinski definition) is 5. The van der Waals surface area contributed by atoms with Crippen LogP contribution in [-0.2, 0) is 11.3 Å². The van der Waals surface area contributed by atoms with Crippen molar-refractivity contribution in [1.82, 2.24) is 14.6 Å². The number of H-pyrrole nitrogens is 1. The summed E-state index contributed by atoms with van der Waals surface area (Å²) in [6.45, 7) is 6.03. The van der Waals surface area contributed by atoms with E-state index in [4.69, 9.17) is 4.74 Å². The smallest absolute Gasteiger partial charge is 0.343 e. The number of anilines is 1. The van der Waals surface area contributed by atoms with Gasteiger partial charge in [-0.25, -0.2) is 23.1 Å². The number of carbonyl (C=O) groups is 1. The van der Waals surface area contributed by atoms with Gasteiger partial charge >= 0.3 is 5.97 Å². The normalized spacial score (nSPS) is 11.0. The van der Waals surface area contributed by atoms with E-state index in [1.54, 1.807) is 18.7 Å². The predicted molar refractivity (Wildman–Crippen MR) is 99.6 cm³/mol. The van der Waals surface area contributed by atoms with Crippen LogP contribution in [0.4, 0.5) is 14.5 Å². The van der Waals surface area contributed by atoms with Crippen LogP contribution in [0, 0.1) is 18.6 Å². The minimum atomic E-state index is -0.953. The van der Waals surface area contributed by atoms with Gasteiger partial charge in [0.2, 0.25) is 0 Å². The first-order chi connectivity index (χ1) is 13.3. The standard InChI is InChI=1S/C19H20F2N4O3/c1-4-24(13-6-7-14(20)15(21)9-13)10-12-8-16(26)25-18(22-12)17(11(3)23-25)19(27)28-5-2/h6-9,23H,4-5,10H2,1-3H3. The van der Waals surface area contributed by atoms with Gasteiger partial charge < -0.3 is 9.64 Å². The molecule has 2 heterocycles. The van der Waals surface area contributed by atoms with Crippen molar-refractivity contribution in [3.05, 3.63) is 63.2 Å². The molecule has 1 aromatic carbocycles. The molecule has 0 saturated heterocycles. The predicted octanol–water partition coefficient (Wildman–Crippen LogP) is 2.81. The number of halogens is 2. The van der Waals surface area contributed by atoms with Crippen LogP contribution in [0.1, 0.15) is 35.6 Å². The third-order valence-electron chi connectivity index (χ3n) is 4.33. The number of ether oxygens (including phenoxy) is 1. The van der Waals surface area contributed by atoms with Gasteiger partial charge in [0.05, 0.1) is 18.8 Å². The molecule has 28 heavy (non-hydrogen) atoms. The Kier molecular flexibility index (Phi) is 5.43. The molecule has 0 atom stereocenters. The maximum absolute atomic E-state index is 13.6. The molecule has 0 saturated carbocycles. The Morgan fingerprint density at radius 3 is 2.64 bits per heavy atom. The molecule has 0 amide bonds. The highest BCUT2D eigenvalue weighted by atomic mass is 19.2. The van der Waals surface area contributed by atoms with Crippen LogP contribution >= 0.6 is 0 Å². The SMILES string of the molecule is CCOC(=O)c1c(C)[nH]n2c(=O)cc(CN(CC)c3ccc(F)c(F)c3)nc12. The van der Waals surface area contributed by atoms with E-state index in [0.29, 0.717) is 23.6 Å². The number of aromatic amines is 1. The van der Waals surface area contributed by atoms with Gasteiger partial charge in [0, 0.05) is 30.1 Å². The molecule has 0 spiro atoms. The number of fused-ring (bicyclic) bond motifs is 1. The second kappa shape index (κ2) is 7.79. The minimum absolute atomic E-state index is 0.166. The van der Waals surface area contributed by atoms with Crippen molar-refractivity contribution in [2.24, 2.45) is 0 Å². The molecular weight excluding hydrogens is 370 g/mol. The van der Waals surface area contributed by atoms with E-state index < -0.39 is 17.6 Å². The molecule has 9 heteroatoms. The van der Waals surface area contributed by atoms with Gasteiger partial charge in [0.25, 0.3) is 5.56 Å². The summed E-state index contributed by atoms with van der Waals surface area (Å²) in [6, 6.07) is 4.93. The van der Waals surface area contributed by atoms with Crippen LogP contribution in [0.25, 0.3) is 5.65 Å². The number of nitrogens with zero attached hydrogens (tertiary/aromatic N) is 3. The van der Waals surface area contributed by atoms with Gasteiger partial charge in [-0.3, -0.25) is 9.89 Å². The van der Waals surface area contributed by atoms with Crippen molar-refractivity contribution in [3.63, 3.8) is 0 Å². The van der Waals surface area contributed by atoms with Crippen molar-refractivity contribution in [2.45, 2.75) is 27.3 Å². The highest BCUT2D eigenvalue weighted by Gasteiger charge is 2.21. The summed E-state index contributed by atoms with van der Waals surface area (Å²) < 4.78 is 33.0. The molecule has 0 unspecified atom stereocenters. The molecule has 0 aliphatic rings. The van der Waals surface area contributed by atoms with Gasteiger partial charge in [-0.15, -0.1) is 0 Å². The minimum Gasteiger partial charge on any atom is -0.462 e. The second-order valence-corrected chi connectivity index (χ2v) is 6.19. The largest absolute Gasteiger partial charge is 0.462 e. The maximum Gasteiger partial charge on any atom is 0.343 e. The zero-order chi connectivity index (χ0) is 20.4. The zero-order valence-electron chi connectivity index (χ0n) is 15.8. The van der Waals surface area contributed by atoms with Crippen molar-refractivity contribution in [2.75, 3.05) is 18.1 Å². The fourth-order valence-corrected chi connectivity index (χ4v) is 2.99. The molecule has 3 rings (SSSR count). The molecule has 0 aliphatic carbocycles. The molecular formula is C19H20F2N4O3. The molecule has 2 aromatic heterocycles. The van der Waals surface area contributed by atoms with E-state index in [1.807, 2.05) is 6.92 Å². The summed E-state index contributed by atoms with van der Waals surface area (Å²) in [5.74, 6) is -2.46. The summed E-state index contributed by atoms with van der Waals surface area (Å²) in [6.07, 6.45) is 0. The van der Waals surface area contributed by atoms with Gasteiger partial charge in [0.15, 0.2) is 17.3 Å². The van der Waals surface area contributed by atoms with E-state index >= 15 is 0 Å². The molecule has 7 nitrogen and oxygen atoms in total. The van der Waals surface area contributed by atoms with Crippen molar-refractivity contribution in [3.8, 4) is 0 Å². The topological polar surface area (TPSA) is 79.7 Å². The van der Waals surface area contributed by atoms with Crippen LogP contribution in [0.15, 0.2) is 29.1 Å². The third-order valence-corrected chi connectivity index (χ3v) is 4.33. The Morgan fingerprint density at radius 2 is 2.00 bits per heavy atom. The Morgan fingerprint density at radius 1 is 1.25 bits per heavy atom. The molecule has 0 aliphatic heterocycles. The maximum atomic E-state index is 13.6. The highest BCUT2D eigenvalue weighted by molar-refractivity contribution is 5.97. The summed E-state index contributed by atoms with van der Waals surface area (Å²) >= 11 is 0. The first-order valence-corrected chi connectivity index (χ1v) is 8.84. The van der Waals surface area contributed by atoms with Gasteiger partial charge in [-0.2, -0.15) is 0 Å². The Balaban J connectivity index is 2.02. The Hall–Kier alpha value is -3.23. The van der Waals surface area contributed by atoms with Gasteiger partial charge in [0.1, 0.15) is 5.56 Å². The fourth-order valence-electron chi connectivity index (χ4n) is 2.99. The number of rotatable bonds is 6. The summed E-state index contributed by atoms with van der Waals surface area (Å²) in [5, 5.41) is 2.81. The van der Waals surface area contributed by atoms with Crippen LogP contribution in [0.2, 0.25) is 0 Å². The van der Waals surface area contributed by atoms with Crippen molar-refractivity contribution >= 4 is 17.3 Å². The van der Waals surface area contributed by atoms with Crippen LogP contribution in [-0.4, -0.2) is 33.7 Å². The number of aryl methyl sites for hydroxylation is 1. The lowest BCUT2D eigenvalue weighted by molar-refractivity contribution is 0.0527. The van der Waals surface area contributed by atoms with Gasteiger partial charge in [-0.1, -0.05) is 0 Å². The Labute approximate surface area is 159 Å². The lowest BCUT2D eigenvalue weighted by atomic mass is 10.2. The summed E-state index contributed by atoms with van der Waals surface area (Å²) in [4.78, 5) is 30.9. The van der Waals surface area contributed by atoms with E-state index in [-0.39, 0.29) is 29.9 Å². The van der Waals surface area contributed by atoms with Crippen LogP contribution in [0.3, 0.4) is 0 Å². The summed E-state index contributed by atoms with van der Waals surface area (Å²) in [7, 11) is 0. The number of benzene rings is 1. The number of aromatic nitrogens is 3. The average molecular weight is 390 g/mol. The molecule has 0 radical (unpaired) electrons. The first kappa shape index (κ1) is 19.5. The van der Waals surface area contributed by atoms with Crippen molar-refractivity contribution < 1.29 is 18.3 Å². The number of carbonyl (C=O) groups excluding carboxylic acids is 1. The highest BCUT2D eigenvalue weighted by Crippen LogP contribution is 2.20. The van der Waals surface area contributed by atoms with E-state index in [2.05, 4.69) is 10.1 Å². The monoisotopic (exact) mass is 390 g/mol. The second-order valence-electron chi connectivity index (χ2n) is 6.19. The average Bonchev–Trinajstić information content (AvgIpc) is 2.99. The number of nitrogens with one attached hydrogen (secondary N) is 1. The Bertz CT molecular complexity index is 1090. The number of hydrogen-bond donors (Lipinski definition) is 1. The summed E-state index contributed by atoms with van der Waals surface area (Å²) in [5.41, 5.74) is 1.28. The van der Waals surface area contributed by atoms with Crippen LogP contribution in [0.5, 0.6) is 0 Å². The quantitative estimate of drug-likeness (QED) is 0.655.